The molecule has 0 aromatic heterocycles. The molecular formula is C18H30. The lowest BCUT2D eigenvalue weighted by Crippen LogP contribution is -2.13. The molecule has 102 valence electrons. The van der Waals surface area contributed by atoms with Crippen LogP contribution in [0.4, 0.5) is 0 Å². The first-order valence-electron chi connectivity index (χ1n) is 7.38. The summed E-state index contributed by atoms with van der Waals surface area (Å²) in [6.07, 6.45) is 2.40. The Labute approximate surface area is 114 Å². The van der Waals surface area contributed by atoms with Crippen LogP contribution in [0.15, 0.2) is 18.2 Å². The van der Waals surface area contributed by atoms with Gasteiger partial charge in [0.2, 0.25) is 0 Å². The van der Waals surface area contributed by atoms with E-state index in [0.717, 1.165) is 5.92 Å². The third kappa shape index (κ3) is 4.15. The molecule has 1 unspecified atom stereocenters. The smallest absolute Gasteiger partial charge is 0.0132 e. The summed E-state index contributed by atoms with van der Waals surface area (Å²) in [4.78, 5) is 0. The molecular weight excluding hydrogens is 216 g/mol. The van der Waals surface area contributed by atoms with Crippen LogP contribution in [0.3, 0.4) is 0 Å². The maximum absolute atomic E-state index is 2.42. The molecule has 1 atom stereocenters. The van der Waals surface area contributed by atoms with Gasteiger partial charge in [-0.25, -0.2) is 0 Å². The lowest BCUT2D eigenvalue weighted by Gasteiger charge is -2.23. The predicted octanol–water partition coefficient (Wildman–Crippen LogP) is 5.70. The standard InChI is InChI=1S/C18H30/c1-8-14(4)16-10-15(9-13(2)3)11-17(12-16)18(5,6)7/h10-14H,8-9H2,1-7H3. The highest BCUT2D eigenvalue weighted by Gasteiger charge is 2.17. The fourth-order valence-corrected chi connectivity index (χ4v) is 2.26. The molecule has 0 bridgehead atoms. The summed E-state index contributed by atoms with van der Waals surface area (Å²) in [6.45, 7) is 16.1. The van der Waals surface area contributed by atoms with Crippen LogP contribution >= 0.6 is 0 Å². The summed E-state index contributed by atoms with van der Waals surface area (Å²) in [5.41, 5.74) is 4.75. The topological polar surface area (TPSA) is 0 Å². The van der Waals surface area contributed by atoms with Gasteiger partial charge in [0.25, 0.3) is 0 Å². The fraction of sp³-hybridized carbons (Fsp3) is 0.667. The maximum atomic E-state index is 2.42. The van der Waals surface area contributed by atoms with Crippen LogP contribution < -0.4 is 0 Å². The van der Waals surface area contributed by atoms with Crippen molar-refractivity contribution >= 4 is 0 Å². The highest BCUT2D eigenvalue weighted by molar-refractivity contribution is 5.36. The van der Waals surface area contributed by atoms with E-state index < -0.39 is 0 Å². The minimum absolute atomic E-state index is 0.245. The SMILES string of the molecule is CCC(C)c1cc(CC(C)C)cc(C(C)(C)C)c1. The van der Waals surface area contributed by atoms with Crippen LogP contribution in [-0.2, 0) is 11.8 Å². The molecule has 0 nitrogen and oxygen atoms in total. The quantitative estimate of drug-likeness (QED) is 0.639. The summed E-state index contributed by atoms with van der Waals surface area (Å²) in [5, 5.41) is 0. The molecule has 0 N–H and O–H groups in total. The molecule has 0 heteroatoms. The highest BCUT2D eigenvalue weighted by Crippen LogP contribution is 2.29. The van der Waals surface area contributed by atoms with Gasteiger partial charge in [0.15, 0.2) is 0 Å². The second-order valence-electron chi connectivity index (χ2n) is 7.12. The first-order valence-corrected chi connectivity index (χ1v) is 7.38. The number of hydrogen-bond donors (Lipinski definition) is 0. The Morgan fingerprint density at radius 2 is 1.61 bits per heavy atom. The van der Waals surface area contributed by atoms with Gasteiger partial charge in [-0.1, -0.05) is 66.7 Å². The van der Waals surface area contributed by atoms with Gasteiger partial charge in [-0.2, -0.15) is 0 Å². The van der Waals surface area contributed by atoms with Crippen molar-refractivity contribution in [1.29, 1.82) is 0 Å². The Kier molecular flexibility index (Phi) is 5.01. The first-order chi connectivity index (χ1) is 8.24. The number of hydrogen-bond acceptors (Lipinski definition) is 0. The van der Waals surface area contributed by atoms with Gasteiger partial charge in [-0.05, 0) is 46.8 Å². The maximum Gasteiger partial charge on any atom is -0.0132 e. The highest BCUT2D eigenvalue weighted by atomic mass is 14.2. The molecule has 18 heavy (non-hydrogen) atoms. The average Bonchev–Trinajstić information content (AvgIpc) is 2.25. The Morgan fingerprint density at radius 3 is 2.06 bits per heavy atom. The monoisotopic (exact) mass is 246 g/mol. The van der Waals surface area contributed by atoms with Crippen molar-refractivity contribution < 1.29 is 0 Å². The minimum Gasteiger partial charge on any atom is -0.0648 e. The van der Waals surface area contributed by atoms with Gasteiger partial charge >= 0.3 is 0 Å². The molecule has 0 saturated heterocycles. The van der Waals surface area contributed by atoms with Crippen molar-refractivity contribution in [2.75, 3.05) is 0 Å². The molecule has 1 rings (SSSR count). The van der Waals surface area contributed by atoms with Gasteiger partial charge < -0.3 is 0 Å². The second kappa shape index (κ2) is 5.91. The molecule has 1 aromatic carbocycles. The molecule has 0 saturated carbocycles. The average molecular weight is 246 g/mol. The largest absolute Gasteiger partial charge is 0.0648 e. The number of rotatable bonds is 4. The Hall–Kier alpha value is -0.780. The Balaban J connectivity index is 3.20. The van der Waals surface area contributed by atoms with E-state index in [0.29, 0.717) is 5.92 Å². The van der Waals surface area contributed by atoms with Gasteiger partial charge in [-0.15, -0.1) is 0 Å². The molecule has 1 aromatic rings. The van der Waals surface area contributed by atoms with E-state index >= 15 is 0 Å². The Morgan fingerprint density at radius 1 is 1.00 bits per heavy atom. The summed E-state index contributed by atoms with van der Waals surface area (Å²) in [6, 6.07) is 7.24. The molecule has 0 aliphatic heterocycles. The summed E-state index contributed by atoms with van der Waals surface area (Å²) < 4.78 is 0. The van der Waals surface area contributed by atoms with Gasteiger partial charge in [0, 0.05) is 0 Å². The zero-order valence-corrected chi connectivity index (χ0v) is 13.3. The van der Waals surface area contributed by atoms with E-state index in [9.17, 15) is 0 Å². The summed E-state index contributed by atoms with van der Waals surface area (Å²) in [5.74, 6) is 1.39. The van der Waals surface area contributed by atoms with Gasteiger partial charge in [0.05, 0.1) is 0 Å². The molecule has 0 aliphatic carbocycles. The minimum atomic E-state index is 0.245. The van der Waals surface area contributed by atoms with Crippen molar-refractivity contribution in [3.8, 4) is 0 Å². The summed E-state index contributed by atoms with van der Waals surface area (Å²) >= 11 is 0. The summed E-state index contributed by atoms with van der Waals surface area (Å²) in [7, 11) is 0. The molecule has 0 heterocycles. The Bertz CT molecular complexity index is 380. The normalized spacial score (nSPS) is 14.0. The molecule has 0 radical (unpaired) electrons. The molecule has 0 amide bonds. The third-order valence-corrected chi connectivity index (χ3v) is 3.71. The van der Waals surface area contributed by atoms with E-state index in [2.05, 4.69) is 66.7 Å². The second-order valence-corrected chi connectivity index (χ2v) is 7.12. The van der Waals surface area contributed by atoms with E-state index in [-0.39, 0.29) is 5.41 Å². The third-order valence-electron chi connectivity index (χ3n) is 3.71. The predicted molar refractivity (Wildman–Crippen MR) is 82.4 cm³/mol. The lowest BCUT2D eigenvalue weighted by atomic mass is 9.82. The fourth-order valence-electron chi connectivity index (χ4n) is 2.26. The van der Waals surface area contributed by atoms with Gasteiger partial charge in [0.1, 0.15) is 0 Å². The van der Waals surface area contributed by atoms with Crippen molar-refractivity contribution in [3.05, 3.63) is 34.9 Å². The van der Waals surface area contributed by atoms with Crippen molar-refractivity contribution in [3.63, 3.8) is 0 Å². The molecule has 0 fully saturated rings. The van der Waals surface area contributed by atoms with Crippen molar-refractivity contribution in [1.82, 2.24) is 0 Å². The number of benzene rings is 1. The lowest BCUT2D eigenvalue weighted by molar-refractivity contribution is 0.582. The van der Waals surface area contributed by atoms with Crippen LogP contribution in [0, 0.1) is 5.92 Å². The van der Waals surface area contributed by atoms with Crippen LogP contribution in [-0.4, -0.2) is 0 Å². The van der Waals surface area contributed by atoms with Crippen LogP contribution in [0.2, 0.25) is 0 Å². The van der Waals surface area contributed by atoms with Crippen molar-refractivity contribution in [2.24, 2.45) is 5.92 Å². The van der Waals surface area contributed by atoms with Crippen LogP contribution in [0.5, 0.6) is 0 Å². The first kappa shape index (κ1) is 15.3. The van der Waals surface area contributed by atoms with Crippen molar-refractivity contribution in [2.45, 2.75) is 72.6 Å². The van der Waals surface area contributed by atoms with E-state index in [1.165, 1.54) is 29.5 Å². The van der Waals surface area contributed by atoms with E-state index in [1.807, 2.05) is 0 Å². The zero-order valence-electron chi connectivity index (χ0n) is 13.3. The van der Waals surface area contributed by atoms with Crippen LogP contribution in [0.25, 0.3) is 0 Å². The van der Waals surface area contributed by atoms with Crippen LogP contribution in [0.1, 0.15) is 77.5 Å². The van der Waals surface area contributed by atoms with E-state index in [4.69, 9.17) is 0 Å². The molecule has 0 spiro atoms. The van der Waals surface area contributed by atoms with Gasteiger partial charge in [-0.3, -0.25) is 0 Å². The zero-order chi connectivity index (χ0) is 13.9. The van der Waals surface area contributed by atoms with E-state index in [1.54, 1.807) is 0 Å². The molecule has 0 aliphatic rings.